The van der Waals surface area contributed by atoms with Gasteiger partial charge in [-0.1, -0.05) is 37.6 Å². The quantitative estimate of drug-likeness (QED) is 0.870. The summed E-state index contributed by atoms with van der Waals surface area (Å²) >= 11 is 0. The van der Waals surface area contributed by atoms with E-state index in [2.05, 4.69) is 30.4 Å². The average Bonchev–Trinajstić information content (AvgIpc) is 3.02. The van der Waals surface area contributed by atoms with Crippen LogP contribution >= 0.6 is 0 Å². The smallest absolute Gasteiger partial charge is 0.228 e. The molecule has 3 nitrogen and oxygen atoms in total. The Morgan fingerprint density at radius 1 is 1.13 bits per heavy atom. The lowest BCUT2D eigenvalue weighted by Crippen LogP contribution is -2.14. The van der Waals surface area contributed by atoms with Gasteiger partial charge in [0.1, 0.15) is 5.75 Å². The summed E-state index contributed by atoms with van der Waals surface area (Å²) in [6, 6.07) is 14.2. The van der Waals surface area contributed by atoms with E-state index >= 15 is 0 Å². The van der Waals surface area contributed by atoms with Crippen molar-refractivity contribution in [2.75, 3.05) is 11.9 Å². The molecule has 1 aliphatic heterocycles. The molecule has 0 saturated heterocycles. The number of hydrogen-bond acceptors (Lipinski definition) is 2. The molecule has 0 atom stereocenters. The molecule has 2 aromatic rings. The summed E-state index contributed by atoms with van der Waals surface area (Å²) in [5.74, 6) is 0.974. The Kier molecular flexibility index (Phi) is 4.96. The molecule has 120 valence electrons. The molecule has 2 aromatic carbocycles. The third kappa shape index (κ3) is 4.13. The van der Waals surface area contributed by atoms with Crippen molar-refractivity contribution < 1.29 is 9.53 Å². The van der Waals surface area contributed by atoms with Gasteiger partial charge in [0.15, 0.2) is 0 Å². The van der Waals surface area contributed by atoms with Crippen molar-refractivity contribution in [3.05, 3.63) is 59.2 Å². The lowest BCUT2D eigenvalue weighted by atomic mass is 10.1. The highest BCUT2D eigenvalue weighted by molar-refractivity contribution is 5.92. The fourth-order valence-corrected chi connectivity index (χ4v) is 2.88. The number of nitrogens with one attached hydrogen (secondary N) is 1. The first kappa shape index (κ1) is 15.6. The van der Waals surface area contributed by atoms with Crippen molar-refractivity contribution in [2.45, 2.75) is 39.0 Å². The number of hydrogen-bond donors (Lipinski definition) is 1. The second kappa shape index (κ2) is 7.32. The van der Waals surface area contributed by atoms with Crippen LogP contribution in [0.3, 0.4) is 0 Å². The molecule has 0 radical (unpaired) electrons. The molecule has 0 spiro atoms. The van der Waals surface area contributed by atoms with Crippen LogP contribution in [0.5, 0.6) is 5.75 Å². The molecule has 1 heterocycles. The minimum absolute atomic E-state index is 0.0187. The predicted molar refractivity (Wildman–Crippen MR) is 93.0 cm³/mol. The maximum absolute atomic E-state index is 12.2. The zero-order valence-corrected chi connectivity index (χ0v) is 13.6. The zero-order chi connectivity index (χ0) is 16.1. The number of fused-ring (bicyclic) bond motifs is 1. The van der Waals surface area contributed by atoms with Gasteiger partial charge in [0, 0.05) is 12.1 Å². The van der Waals surface area contributed by atoms with E-state index in [0.717, 1.165) is 36.4 Å². The summed E-state index contributed by atoms with van der Waals surface area (Å²) in [5.41, 5.74) is 4.42. The maximum atomic E-state index is 12.2. The molecule has 1 amide bonds. The topological polar surface area (TPSA) is 38.3 Å². The molecule has 0 aromatic heterocycles. The van der Waals surface area contributed by atoms with Gasteiger partial charge in [0.05, 0.1) is 13.0 Å². The Morgan fingerprint density at radius 2 is 1.91 bits per heavy atom. The highest BCUT2D eigenvalue weighted by atomic mass is 16.5. The molecule has 1 aliphatic rings. The molecule has 0 saturated carbocycles. The largest absolute Gasteiger partial charge is 0.493 e. The van der Waals surface area contributed by atoms with Crippen LogP contribution in [0.4, 0.5) is 5.69 Å². The van der Waals surface area contributed by atoms with E-state index in [1.807, 2.05) is 24.3 Å². The summed E-state index contributed by atoms with van der Waals surface area (Å²) in [6.07, 6.45) is 4.83. The molecule has 0 unspecified atom stereocenters. The van der Waals surface area contributed by atoms with Crippen LogP contribution in [0.1, 0.15) is 36.5 Å². The Labute approximate surface area is 137 Å². The molecule has 1 N–H and O–H groups in total. The lowest BCUT2D eigenvalue weighted by molar-refractivity contribution is -0.115. The van der Waals surface area contributed by atoms with Crippen molar-refractivity contribution in [3.63, 3.8) is 0 Å². The van der Waals surface area contributed by atoms with E-state index in [9.17, 15) is 4.79 Å². The van der Waals surface area contributed by atoms with E-state index in [1.165, 1.54) is 24.0 Å². The van der Waals surface area contributed by atoms with Gasteiger partial charge in [-0.3, -0.25) is 4.79 Å². The maximum Gasteiger partial charge on any atom is 0.228 e. The van der Waals surface area contributed by atoms with Crippen LogP contribution in [0.15, 0.2) is 42.5 Å². The minimum atomic E-state index is 0.0187. The summed E-state index contributed by atoms with van der Waals surface area (Å²) in [6.45, 7) is 2.94. The van der Waals surface area contributed by atoms with Gasteiger partial charge in [-0.15, -0.1) is 0 Å². The molecule has 0 fully saturated rings. The van der Waals surface area contributed by atoms with Crippen LogP contribution in [0.2, 0.25) is 0 Å². The van der Waals surface area contributed by atoms with Gasteiger partial charge in [0.2, 0.25) is 5.91 Å². The third-order valence-corrected chi connectivity index (χ3v) is 4.18. The van der Waals surface area contributed by atoms with E-state index in [-0.39, 0.29) is 5.91 Å². The normalized spacial score (nSPS) is 12.6. The van der Waals surface area contributed by atoms with Crippen LogP contribution in [0, 0.1) is 0 Å². The number of amides is 1. The number of ether oxygens (including phenoxy) is 1. The Balaban J connectivity index is 1.56. The first-order valence-electron chi connectivity index (χ1n) is 8.38. The SMILES string of the molecule is CCCCc1ccc(NC(=O)Cc2ccc3c(c2)CCO3)cc1. The molecule has 0 aliphatic carbocycles. The van der Waals surface area contributed by atoms with Gasteiger partial charge in [0.25, 0.3) is 0 Å². The van der Waals surface area contributed by atoms with Crippen molar-refractivity contribution in [2.24, 2.45) is 0 Å². The standard InChI is InChI=1S/C20H23NO2/c1-2-3-4-15-5-8-18(9-6-15)21-20(22)14-16-7-10-19-17(13-16)11-12-23-19/h5-10,13H,2-4,11-12,14H2,1H3,(H,21,22). The van der Waals surface area contributed by atoms with E-state index in [0.29, 0.717) is 6.42 Å². The molecule has 3 heteroatoms. The van der Waals surface area contributed by atoms with Gasteiger partial charge in [-0.2, -0.15) is 0 Å². The summed E-state index contributed by atoms with van der Waals surface area (Å²) in [4.78, 5) is 12.2. The fourth-order valence-electron chi connectivity index (χ4n) is 2.88. The molecular weight excluding hydrogens is 286 g/mol. The highest BCUT2D eigenvalue weighted by Crippen LogP contribution is 2.26. The monoisotopic (exact) mass is 309 g/mol. The zero-order valence-electron chi connectivity index (χ0n) is 13.6. The second-order valence-corrected chi connectivity index (χ2v) is 6.07. The van der Waals surface area contributed by atoms with Crippen LogP contribution in [0.25, 0.3) is 0 Å². The summed E-state index contributed by atoms with van der Waals surface area (Å²) < 4.78 is 5.49. The van der Waals surface area contributed by atoms with Gasteiger partial charge >= 0.3 is 0 Å². The van der Waals surface area contributed by atoms with Crippen LogP contribution in [-0.4, -0.2) is 12.5 Å². The molecule has 3 rings (SSSR count). The Hall–Kier alpha value is -2.29. The number of unbranched alkanes of at least 4 members (excludes halogenated alkanes) is 1. The lowest BCUT2D eigenvalue weighted by Gasteiger charge is -2.08. The number of carbonyl (C=O) groups excluding carboxylic acids is 1. The molecule has 23 heavy (non-hydrogen) atoms. The van der Waals surface area contributed by atoms with Gasteiger partial charge < -0.3 is 10.1 Å². The molecule has 0 bridgehead atoms. The number of anilines is 1. The van der Waals surface area contributed by atoms with Crippen molar-refractivity contribution in [3.8, 4) is 5.75 Å². The fraction of sp³-hybridized carbons (Fsp3) is 0.350. The first-order valence-corrected chi connectivity index (χ1v) is 8.38. The highest BCUT2D eigenvalue weighted by Gasteiger charge is 2.13. The number of carbonyl (C=O) groups is 1. The number of aryl methyl sites for hydroxylation is 1. The number of rotatable bonds is 6. The Bertz CT molecular complexity index is 677. The average molecular weight is 309 g/mol. The summed E-state index contributed by atoms with van der Waals surface area (Å²) in [5, 5.41) is 2.97. The predicted octanol–water partition coefficient (Wildman–Crippen LogP) is 4.15. The minimum Gasteiger partial charge on any atom is -0.493 e. The first-order chi connectivity index (χ1) is 11.2. The van der Waals surface area contributed by atoms with E-state index in [4.69, 9.17) is 4.74 Å². The van der Waals surface area contributed by atoms with Gasteiger partial charge in [-0.25, -0.2) is 0 Å². The van der Waals surface area contributed by atoms with Gasteiger partial charge in [-0.05, 0) is 47.7 Å². The van der Waals surface area contributed by atoms with Crippen LogP contribution < -0.4 is 10.1 Å². The second-order valence-electron chi connectivity index (χ2n) is 6.07. The summed E-state index contributed by atoms with van der Waals surface area (Å²) in [7, 11) is 0. The third-order valence-electron chi connectivity index (χ3n) is 4.18. The van der Waals surface area contributed by atoms with Crippen LogP contribution in [-0.2, 0) is 24.1 Å². The van der Waals surface area contributed by atoms with E-state index < -0.39 is 0 Å². The van der Waals surface area contributed by atoms with E-state index in [1.54, 1.807) is 0 Å². The van der Waals surface area contributed by atoms with Crippen molar-refractivity contribution in [1.82, 2.24) is 0 Å². The molecular formula is C20H23NO2. The van der Waals surface area contributed by atoms with Crippen molar-refractivity contribution in [1.29, 1.82) is 0 Å². The van der Waals surface area contributed by atoms with Crippen molar-refractivity contribution >= 4 is 11.6 Å². The Morgan fingerprint density at radius 3 is 2.70 bits per heavy atom. The number of benzene rings is 2.